The fourth-order valence-corrected chi connectivity index (χ4v) is 4.35. The molecule has 0 atom stereocenters. The Balaban J connectivity index is 1.56. The minimum Gasteiger partial charge on any atom is -0.493 e. The molecule has 2 heterocycles. The van der Waals surface area contributed by atoms with Gasteiger partial charge in [-0.3, -0.25) is 4.79 Å². The Morgan fingerprint density at radius 3 is 2.58 bits per heavy atom. The zero-order valence-electron chi connectivity index (χ0n) is 16.4. The lowest BCUT2D eigenvalue weighted by atomic mass is 10.2. The van der Waals surface area contributed by atoms with Gasteiger partial charge in [-0.05, 0) is 48.0 Å². The lowest BCUT2D eigenvalue weighted by Crippen LogP contribution is -2.22. The normalized spacial score (nSPS) is 11.8. The second kappa shape index (κ2) is 7.70. The summed E-state index contributed by atoms with van der Waals surface area (Å²) in [6.45, 7) is 0. The van der Waals surface area contributed by atoms with Crippen LogP contribution in [0.15, 0.2) is 77.6 Å². The van der Waals surface area contributed by atoms with E-state index in [1.807, 2.05) is 30.3 Å². The smallest absolute Gasteiger partial charge is 0.343 e. The number of aromatic nitrogens is 2. The molecule has 0 aliphatic heterocycles. The Bertz CT molecular complexity index is 1540. The number of nitrogens with zero attached hydrogens (tertiary/aromatic N) is 2. The van der Waals surface area contributed by atoms with E-state index in [9.17, 15) is 9.59 Å². The first-order chi connectivity index (χ1) is 15.1. The van der Waals surface area contributed by atoms with Crippen LogP contribution in [0.3, 0.4) is 0 Å². The summed E-state index contributed by atoms with van der Waals surface area (Å²) in [5, 5.41) is 0. The van der Waals surface area contributed by atoms with E-state index in [1.54, 1.807) is 52.9 Å². The maximum Gasteiger partial charge on any atom is 0.343 e. The highest BCUT2D eigenvalue weighted by Gasteiger charge is 2.14. The molecule has 0 spiro atoms. The van der Waals surface area contributed by atoms with Crippen molar-refractivity contribution >= 4 is 39.4 Å². The predicted octanol–water partition coefficient (Wildman–Crippen LogP) is 3.68. The van der Waals surface area contributed by atoms with Crippen LogP contribution in [0.5, 0.6) is 11.5 Å². The third-order valence-corrected chi connectivity index (χ3v) is 5.81. The molecule has 5 rings (SSSR count). The van der Waals surface area contributed by atoms with Crippen LogP contribution in [0.4, 0.5) is 0 Å². The van der Waals surface area contributed by atoms with Gasteiger partial charge in [0.2, 0.25) is 0 Å². The van der Waals surface area contributed by atoms with E-state index in [4.69, 9.17) is 9.47 Å². The zero-order chi connectivity index (χ0) is 21.4. The Morgan fingerprint density at radius 2 is 1.77 bits per heavy atom. The second-order valence-electron chi connectivity index (χ2n) is 6.80. The van der Waals surface area contributed by atoms with Crippen molar-refractivity contribution in [2.45, 2.75) is 0 Å². The summed E-state index contributed by atoms with van der Waals surface area (Å²) in [7, 11) is 1.51. The number of carbonyl (C=O) groups is 1. The Kier molecular flexibility index (Phi) is 4.72. The molecule has 6 nitrogen and oxygen atoms in total. The topological polar surface area (TPSA) is 69.9 Å². The van der Waals surface area contributed by atoms with Crippen LogP contribution in [0.2, 0.25) is 0 Å². The zero-order valence-corrected chi connectivity index (χ0v) is 17.3. The van der Waals surface area contributed by atoms with Crippen LogP contribution in [-0.2, 0) is 0 Å². The molecule has 0 saturated carbocycles. The molecule has 0 aliphatic rings. The summed E-state index contributed by atoms with van der Waals surface area (Å²) in [4.78, 5) is 30.6. The van der Waals surface area contributed by atoms with E-state index in [1.165, 1.54) is 18.4 Å². The number of thiazole rings is 1. The third kappa shape index (κ3) is 3.45. The van der Waals surface area contributed by atoms with Crippen molar-refractivity contribution < 1.29 is 14.3 Å². The van der Waals surface area contributed by atoms with Crippen LogP contribution >= 0.6 is 11.3 Å². The largest absolute Gasteiger partial charge is 0.493 e. The molecule has 0 N–H and O–H groups in total. The highest BCUT2D eigenvalue weighted by molar-refractivity contribution is 7.15. The van der Waals surface area contributed by atoms with Crippen LogP contribution < -0.4 is 19.6 Å². The van der Waals surface area contributed by atoms with Gasteiger partial charge in [0.05, 0.1) is 28.2 Å². The number of hydrogen-bond acceptors (Lipinski definition) is 6. The van der Waals surface area contributed by atoms with Crippen molar-refractivity contribution in [3.05, 3.63) is 98.8 Å². The lowest BCUT2D eigenvalue weighted by molar-refractivity contribution is 0.0729. The summed E-state index contributed by atoms with van der Waals surface area (Å²) in [6, 6.07) is 21.5. The van der Waals surface area contributed by atoms with Gasteiger partial charge in [0.25, 0.3) is 5.56 Å². The van der Waals surface area contributed by atoms with E-state index in [0.29, 0.717) is 26.4 Å². The van der Waals surface area contributed by atoms with Gasteiger partial charge in [-0.1, -0.05) is 47.7 Å². The molecule has 0 bridgehead atoms. The molecule has 0 unspecified atom stereocenters. The average molecular weight is 428 g/mol. The van der Waals surface area contributed by atoms with E-state index in [0.717, 1.165) is 11.0 Å². The van der Waals surface area contributed by atoms with Gasteiger partial charge in [0.15, 0.2) is 16.5 Å². The molecule has 2 aromatic heterocycles. The highest BCUT2D eigenvalue weighted by atomic mass is 32.1. The molecule has 3 aromatic carbocycles. The molecule has 0 fully saturated rings. The lowest BCUT2D eigenvalue weighted by Gasteiger charge is -2.10. The van der Waals surface area contributed by atoms with Gasteiger partial charge in [0, 0.05) is 0 Å². The first-order valence-electron chi connectivity index (χ1n) is 9.51. The Morgan fingerprint density at radius 1 is 1.00 bits per heavy atom. The number of benzene rings is 3. The SMILES string of the molecule is COc1ccc(/C=c2\sc3nc4ccccc4n3c2=O)cc1OC(=O)c1ccccc1. The van der Waals surface area contributed by atoms with Crippen molar-refractivity contribution in [1.29, 1.82) is 0 Å². The van der Waals surface area contributed by atoms with Crippen LogP contribution in [-0.4, -0.2) is 22.5 Å². The minimum atomic E-state index is -0.485. The summed E-state index contributed by atoms with van der Waals surface area (Å²) < 4.78 is 13.0. The van der Waals surface area contributed by atoms with Crippen LogP contribution in [0, 0.1) is 0 Å². The summed E-state index contributed by atoms with van der Waals surface area (Å²) in [5.74, 6) is 0.224. The van der Waals surface area contributed by atoms with Gasteiger partial charge < -0.3 is 9.47 Å². The Labute approximate surface area is 180 Å². The molecular formula is C24H16N2O4S. The average Bonchev–Trinajstić information content (AvgIpc) is 3.30. The maximum absolute atomic E-state index is 13.0. The number of methoxy groups -OCH3 is 1. The maximum atomic E-state index is 13.0. The highest BCUT2D eigenvalue weighted by Crippen LogP contribution is 2.29. The van der Waals surface area contributed by atoms with E-state index >= 15 is 0 Å². The number of imidazole rings is 1. The summed E-state index contributed by atoms with van der Waals surface area (Å²) in [6.07, 6.45) is 1.76. The van der Waals surface area contributed by atoms with Crippen molar-refractivity contribution in [2.75, 3.05) is 7.11 Å². The van der Waals surface area contributed by atoms with Gasteiger partial charge in [-0.15, -0.1) is 0 Å². The number of para-hydroxylation sites is 2. The van der Waals surface area contributed by atoms with E-state index < -0.39 is 5.97 Å². The number of carbonyl (C=O) groups excluding carboxylic acids is 1. The van der Waals surface area contributed by atoms with E-state index in [-0.39, 0.29) is 11.3 Å². The summed E-state index contributed by atoms with van der Waals surface area (Å²) in [5.41, 5.74) is 2.59. The monoisotopic (exact) mass is 428 g/mol. The number of esters is 1. The quantitative estimate of drug-likeness (QED) is 0.323. The molecular weight excluding hydrogens is 412 g/mol. The molecule has 0 amide bonds. The molecule has 31 heavy (non-hydrogen) atoms. The van der Waals surface area contributed by atoms with E-state index in [2.05, 4.69) is 4.98 Å². The number of fused-ring (bicyclic) bond motifs is 3. The number of ether oxygens (including phenoxy) is 2. The molecule has 5 aromatic rings. The molecule has 152 valence electrons. The van der Waals surface area contributed by atoms with Crippen LogP contribution in [0.25, 0.3) is 22.1 Å². The van der Waals surface area contributed by atoms with Crippen molar-refractivity contribution in [3.8, 4) is 11.5 Å². The Hall–Kier alpha value is -3.97. The fourth-order valence-electron chi connectivity index (χ4n) is 3.36. The van der Waals surface area contributed by atoms with Gasteiger partial charge >= 0.3 is 5.97 Å². The van der Waals surface area contributed by atoms with Gasteiger partial charge in [0.1, 0.15) is 0 Å². The third-order valence-electron chi connectivity index (χ3n) is 4.84. The fraction of sp³-hybridized carbons (Fsp3) is 0.0417. The van der Waals surface area contributed by atoms with Gasteiger partial charge in [-0.25, -0.2) is 14.2 Å². The predicted molar refractivity (Wildman–Crippen MR) is 120 cm³/mol. The standard InChI is InChI=1S/C24H16N2O4S/c1-29-19-12-11-15(13-20(19)30-23(28)16-7-3-2-4-8-16)14-21-22(27)26-18-10-6-5-9-17(18)25-24(26)31-21/h2-14H,1H3/b21-14-. The van der Waals surface area contributed by atoms with Crippen molar-refractivity contribution in [1.82, 2.24) is 9.38 Å². The van der Waals surface area contributed by atoms with Crippen molar-refractivity contribution in [3.63, 3.8) is 0 Å². The van der Waals surface area contributed by atoms with Gasteiger partial charge in [-0.2, -0.15) is 0 Å². The molecule has 7 heteroatoms. The van der Waals surface area contributed by atoms with Crippen molar-refractivity contribution in [2.24, 2.45) is 0 Å². The van der Waals surface area contributed by atoms with Crippen LogP contribution in [0.1, 0.15) is 15.9 Å². The summed E-state index contributed by atoms with van der Waals surface area (Å²) >= 11 is 1.32. The molecule has 0 radical (unpaired) electrons. The number of rotatable bonds is 4. The molecule has 0 saturated heterocycles. The minimum absolute atomic E-state index is 0.132. The molecule has 0 aliphatic carbocycles. The second-order valence-corrected chi connectivity index (χ2v) is 7.81. The number of hydrogen-bond donors (Lipinski definition) is 0. The first kappa shape index (κ1) is 19.0. The first-order valence-corrected chi connectivity index (χ1v) is 10.3.